The molecule has 2 aromatic heterocycles. The number of amides is 2. The van der Waals surface area contributed by atoms with Crippen molar-refractivity contribution in [3.63, 3.8) is 0 Å². The zero-order chi connectivity index (χ0) is 27.6. The summed E-state index contributed by atoms with van der Waals surface area (Å²) < 4.78 is 5.31. The normalized spacial score (nSPS) is 21.1. The third-order valence-corrected chi connectivity index (χ3v) is 10.1. The number of aromatic nitrogens is 1. The van der Waals surface area contributed by atoms with E-state index in [2.05, 4.69) is 39.3 Å². The number of carbonyl (C=O) groups is 2. The van der Waals surface area contributed by atoms with Crippen LogP contribution in [0.25, 0.3) is 10.4 Å². The number of anilines is 1. The van der Waals surface area contributed by atoms with Crippen LogP contribution in [0.4, 0.5) is 5.69 Å². The van der Waals surface area contributed by atoms with E-state index < -0.39 is 0 Å². The van der Waals surface area contributed by atoms with Gasteiger partial charge in [-0.15, -0.1) is 23.1 Å². The molecule has 40 heavy (non-hydrogen) atoms. The van der Waals surface area contributed by atoms with E-state index >= 15 is 0 Å². The van der Waals surface area contributed by atoms with Crippen molar-refractivity contribution in [1.82, 2.24) is 15.8 Å². The summed E-state index contributed by atoms with van der Waals surface area (Å²) in [6.07, 6.45) is 9.62. The highest BCUT2D eigenvalue weighted by atomic mass is 32.2. The Kier molecular flexibility index (Phi) is 10.2. The molecule has 0 saturated carbocycles. The highest BCUT2D eigenvalue weighted by Crippen LogP contribution is 2.51. The van der Waals surface area contributed by atoms with Crippen molar-refractivity contribution in [1.29, 1.82) is 0 Å². The summed E-state index contributed by atoms with van der Waals surface area (Å²) in [5, 5.41) is 6.14. The fourth-order valence-corrected chi connectivity index (χ4v) is 7.91. The topological polar surface area (TPSA) is 102 Å². The molecule has 1 aromatic carbocycles. The lowest BCUT2D eigenvalue weighted by molar-refractivity contribution is -0.200. The predicted molar refractivity (Wildman–Crippen MR) is 160 cm³/mol. The van der Waals surface area contributed by atoms with Crippen LogP contribution < -0.4 is 16.1 Å². The number of carbonyl (C=O) groups excluding carboxylic acids is 2. The summed E-state index contributed by atoms with van der Waals surface area (Å²) in [6.45, 7) is 1.46. The molecule has 2 fully saturated rings. The maximum Gasteiger partial charge on any atom is 0.245 e. The number of benzene rings is 1. The summed E-state index contributed by atoms with van der Waals surface area (Å²) in [5.74, 6) is 0.821. The minimum absolute atomic E-state index is 0.0997. The monoisotopic (exact) mass is 580 g/mol. The SMILES string of the molecule is O=C(C[C@]1(c2ccc(-c3cccc(NC(=O)CNCc4cccnc4)c3)s2)CCCCS1)NOC1CCCCO1. The summed E-state index contributed by atoms with van der Waals surface area (Å²) in [4.78, 5) is 37.4. The molecule has 3 N–H and O–H groups in total. The summed E-state index contributed by atoms with van der Waals surface area (Å²) in [6, 6.07) is 16.0. The van der Waals surface area contributed by atoms with Crippen LogP contribution in [0.3, 0.4) is 0 Å². The summed E-state index contributed by atoms with van der Waals surface area (Å²) >= 11 is 3.60. The van der Waals surface area contributed by atoms with Crippen molar-refractivity contribution in [2.75, 3.05) is 24.2 Å². The molecule has 0 radical (unpaired) electrons. The van der Waals surface area contributed by atoms with Crippen LogP contribution in [0.2, 0.25) is 0 Å². The number of ether oxygens (including phenoxy) is 1. The number of hydrogen-bond acceptors (Lipinski definition) is 8. The average Bonchev–Trinajstić information content (AvgIpc) is 3.49. The van der Waals surface area contributed by atoms with Gasteiger partial charge < -0.3 is 15.4 Å². The van der Waals surface area contributed by atoms with E-state index in [0.29, 0.717) is 19.6 Å². The first-order valence-corrected chi connectivity index (χ1v) is 15.7. The lowest BCUT2D eigenvalue weighted by atomic mass is 9.94. The molecular formula is C30H36N4O4S2. The Bertz CT molecular complexity index is 1260. The van der Waals surface area contributed by atoms with E-state index in [1.165, 1.54) is 4.88 Å². The van der Waals surface area contributed by atoms with Crippen molar-refractivity contribution in [2.24, 2.45) is 0 Å². The van der Waals surface area contributed by atoms with E-state index in [1.807, 2.05) is 42.1 Å². The van der Waals surface area contributed by atoms with Crippen molar-refractivity contribution >= 4 is 40.6 Å². The van der Waals surface area contributed by atoms with Gasteiger partial charge in [-0.1, -0.05) is 24.6 Å². The van der Waals surface area contributed by atoms with Crippen LogP contribution in [0.15, 0.2) is 60.9 Å². The number of hydrogen-bond donors (Lipinski definition) is 3. The van der Waals surface area contributed by atoms with Gasteiger partial charge in [0.1, 0.15) is 0 Å². The lowest BCUT2D eigenvalue weighted by Gasteiger charge is -2.35. The number of thiophene rings is 1. The molecule has 1 unspecified atom stereocenters. The van der Waals surface area contributed by atoms with Crippen LogP contribution in [0.5, 0.6) is 0 Å². The van der Waals surface area contributed by atoms with Gasteiger partial charge in [0.15, 0.2) is 6.29 Å². The van der Waals surface area contributed by atoms with Crippen LogP contribution >= 0.6 is 23.1 Å². The molecule has 4 heterocycles. The van der Waals surface area contributed by atoms with Gasteiger partial charge in [0.05, 0.1) is 11.3 Å². The Morgan fingerprint density at radius 2 is 2.02 bits per heavy atom. The molecule has 2 amide bonds. The maximum atomic E-state index is 13.0. The van der Waals surface area contributed by atoms with Crippen molar-refractivity contribution in [3.05, 3.63) is 71.4 Å². The first-order chi connectivity index (χ1) is 19.6. The third kappa shape index (κ3) is 7.92. The Hall–Kier alpha value is -2.76. The van der Waals surface area contributed by atoms with Gasteiger partial charge in [-0.25, -0.2) is 10.3 Å². The van der Waals surface area contributed by atoms with Crippen LogP contribution in [-0.2, 0) is 30.5 Å². The zero-order valence-electron chi connectivity index (χ0n) is 22.5. The van der Waals surface area contributed by atoms with Gasteiger partial charge in [-0.05, 0) is 72.9 Å². The molecular weight excluding hydrogens is 544 g/mol. The first-order valence-electron chi connectivity index (χ1n) is 13.9. The van der Waals surface area contributed by atoms with Gasteiger partial charge in [-0.3, -0.25) is 14.6 Å². The van der Waals surface area contributed by atoms with E-state index in [4.69, 9.17) is 9.57 Å². The molecule has 2 atom stereocenters. The molecule has 0 aliphatic carbocycles. The number of nitrogens with one attached hydrogen (secondary N) is 3. The van der Waals surface area contributed by atoms with Crippen molar-refractivity contribution in [3.8, 4) is 10.4 Å². The van der Waals surface area contributed by atoms with Gasteiger partial charge in [0.2, 0.25) is 11.8 Å². The highest BCUT2D eigenvalue weighted by Gasteiger charge is 2.38. The Morgan fingerprint density at radius 3 is 2.83 bits per heavy atom. The van der Waals surface area contributed by atoms with Crippen LogP contribution in [0, 0.1) is 0 Å². The van der Waals surface area contributed by atoms with Crippen LogP contribution in [0.1, 0.15) is 55.4 Å². The fourth-order valence-electron chi connectivity index (χ4n) is 5.02. The number of nitrogens with zero attached hydrogens (tertiary/aromatic N) is 1. The molecule has 212 valence electrons. The molecule has 10 heteroatoms. The Balaban J connectivity index is 1.20. The second-order valence-corrected chi connectivity index (χ2v) is 12.7. The average molecular weight is 581 g/mol. The lowest BCUT2D eigenvalue weighted by Crippen LogP contribution is -2.37. The quantitative estimate of drug-likeness (QED) is 0.253. The second-order valence-electron chi connectivity index (χ2n) is 10.2. The minimum atomic E-state index is -0.356. The molecule has 2 saturated heterocycles. The third-order valence-electron chi connectivity index (χ3n) is 7.06. The second kappa shape index (κ2) is 14.2. The Morgan fingerprint density at radius 1 is 1.07 bits per heavy atom. The number of pyridine rings is 1. The van der Waals surface area contributed by atoms with E-state index in [0.717, 1.165) is 66.0 Å². The molecule has 8 nitrogen and oxygen atoms in total. The molecule has 3 aromatic rings. The molecule has 0 bridgehead atoms. The minimum Gasteiger partial charge on any atom is -0.350 e. The number of hydroxylamine groups is 1. The van der Waals surface area contributed by atoms with Gasteiger partial charge in [-0.2, -0.15) is 0 Å². The van der Waals surface area contributed by atoms with Crippen molar-refractivity contribution in [2.45, 2.75) is 62.5 Å². The molecule has 2 aliphatic rings. The first kappa shape index (κ1) is 28.8. The standard InChI is InChI=1S/C30H36N4O4S2/c35-27(34-38-29-10-1-3-15-37-29)18-30(13-2-4-16-39-30)26-12-11-25(40-26)23-8-5-9-24(17-23)33-28(36)21-32-20-22-7-6-14-31-19-22/h5-9,11-12,14,17,19,29,32H,1-4,10,13,15-16,18,20-21H2,(H,33,36)(H,34,35)/t29?,30-/m0/s1. The molecule has 5 rings (SSSR count). The number of thioether (sulfide) groups is 1. The smallest absolute Gasteiger partial charge is 0.245 e. The van der Waals surface area contributed by atoms with E-state index in [1.54, 1.807) is 23.7 Å². The van der Waals surface area contributed by atoms with Gasteiger partial charge >= 0.3 is 0 Å². The maximum absolute atomic E-state index is 13.0. The van der Waals surface area contributed by atoms with Crippen molar-refractivity contribution < 1.29 is 19.2 Å². The number of rotatable bonds is 11. The van der Waals surface area contributed by atoms with Gasteiger partial charge in [0.25, 0.3) is 0 Å². The van der Waals surface area contributed by atoms with E-state index in [-0.39, 0.29) is 29.4 Å². The summed E-state index contributed by atoms with van der Waals surface area (Å²) in [7, 11) is 0. The van der Waals surface area contributed by atoms with Gasteiger partial charge in [0, 0.05) is 53.8 Å². The molecule has 0 spiro atoms. The van der Waals surface area contributed by atoms with Crippen LogP contribution in [-0.4, -0.2) is 42.0 Å². The largest absolute Gasteiger partial charge is 0.350 e. The molecule has 2 aliphatic heterocycles. The predicted octanol–water partition coefficient (Wildman–Crippen LogP) is 5.62. The highest BCUT2D eigenvalue weighted by molar-refractivity contribution is 8.00. The Labute approximate surface area is 243 Å². The van der Waals surface area contributed by atoms with E-state index in [9.17, 15) is 9.59 Å². The zero-order valence-corrected chi connectivity index (χ0v) is 24.2. The fraction of sp³-hybridized carbons (Fsp3) is 0.433. The summed E-state index contributed by atoms with van der Waals surface area (Å²) in [5.41, 5.74) is 5.48.